The van der Waals surface area contributed by atoms with Gasteiger partial charge in [-0.2, -0.15) is 0 Å². The standard InChI is InChI=1S/C12H14FNO/c1-8(11-6-7-14-12(11)15)9-2-4-10(13)5-3-9/h2-5,8,11H,6-7H2,1H3,(H,14,15). The van der Waals surface area contributed by atoms with Gasteiger partial charge in [-0.3, -0.25) is 4.79 Å². The molecular weight excluding hydrogens is 193 g/mol. The highest BCUT2D eigenvalue weighted by Crippen LogP contribution is 2.29. The maximum atomic E-state index is 12.7. The molecule has 2 nitrogen and oxygen atoms in total. The van der Waals surface area contributed by atoms with Gasteiger partial charge in [0.1, 0.15) is 5.82 Å². The van der Waals surface area contributed by atoms with E-state index < -0.39 is 0 Å². The Morgan fingerprint density at radius 1 is 1.40 bits per heavy atom. The van der Waals surface area contributed by atoms with Crippen LogP contribution in [0.4, 0.5) is 4.39 Å². The van der Waals surface area contributed by atoms with Crippen molar-refractivity contribution in [1.82, 2.24) is 5.32 Å². The number of hydrogen-bond acceptors (Lipinski definition) is 1. The maximum Gasteiger partial charge on any atom is 0.223 e. The molecule has 1 N–H and O–H groups in total. The minimum absolute atomic E-state index is 0.0375. The SMILES string of the molecule is CC(c1ccc(F)cc1)C1CCNC1=O. The third kappa shape index (κ3) is 2.01. The lowest BCUT2D eigenvalue weighted by Gasteiger charge is -2.16. The molecule has 3 heteroatoms. The number of carbonyl (C=O) groups excluding carboxylic acids is 1. The molecule has 0 bridgehead atoms. The van der Waals surface area contributed by atoms with E-state index in [1.807, 2.05) is 6.92 Å². The third-order valence-electron chi connectivity index (χ3n) is 3.09. The Balaban J connectivity index is 2.16. The zero-order valence-electron chi connectivity index (χ0n) is 8.66. The van der Waals surface area contributed by atoms with Gasteiger partial charge in [0.25, 0.3) is 0 Å². The number of hydrogen-bond donors (Lipinski definition) is 1. The normalized spacial score (nSPS) is 22.5. The van der Waals surface area contributed by atoms with Gasteiger partial charge in [0, 0.05) is 12.5 Å². The van der Waals surface area contributed by atoms with E-state index in [0.717, 1.165) is 18.5 Å². The molecule has 1 amide bonds. The van der Waals surface area contributed by atoms with E-state index in [0.29, 0.717) is 0 Å². The summed E-state index contributed by atoms with van der Waals surface area (Å²) in [6.07, 6.45) is 0.872. The fourth-order valence-electron chi connectivity index (χ4n) is 2.09. The van der Waals surface area contributed by atoms with E-state index in [9.17, 15) is 9.18 Å². The summed E-state index contributed by atoms with van der Waals surface area (Å²) in [6.45, 7) is 2.78. The molecule has 2 atom stereocenters. The Hall–Kier alpha value is -1.38. The lowest BCUT2D eigenvalue weighted by Crippen LogP contribution is -2.22. The average Bonchev–Trinajstić information content (AvgIpc) is 2.65. The number of amides is 1. The fraction of sp³-hybridized carbons (Fsp3) is 0.417. The van der Waals surface area contributed by atoms with Crippen LogP contribution in [0.1, 0.15) is 24.8 Å². The molecule has 2 rings (SSSR count). The molecule has 0 spiro atoms. The largest absolute Gasteiger partial charge is 0.356 e. The van der Waals surface area contributed by atoms with E-state index in [-0.39, 0.29) is 23.6 Å². The Morgan fingerprint density at radius 3 is 2.60 bits per heavy atom. The van der Waals surface area contributed by atoms with Gasteiger partial charge in [0.2, 0.25) is 5.91 Å². The number of rotatable bonds is 2. The third-order valence-corrected chi connectivity index (χ3v) is 3.09. The summed E-state index contributed by atoms with van der Waals surface area (Å²) in [5, 5.41) is 2.82. The molecule has 0 radical (unpaired) electrons. The number of nitrogens with one attached hydrogen (secondary N) is 1. The smallest absolute Gasteiger partial charge is 0.223 e. The molecule has 1 aliphatic rings. The molecule has 1 saturated heterocycles. The second-order valence-electron chi connectivity index (χ2n) is 4.03. The summed E-state index contributed by atoms with van der Waals surface area (Å²) in [6, 6.07) is 6.40. The van der Waals surface area contributed by atoms with Crippen LogP contribution in [-0.2, 0) is 4.79 Å². The van der Waals surface area contributed by atoms with Gasteiger partial charge in [-0.15, -0.1) is 0 Å². The highest BCUT2D eigenvalue weighted by molar-refractivity contribution is 5.81. The maximum absolute atomic E-state index is 12.7. The zero-order valence-corrected chi connectivity index (χ0v) is 8.66. The van der Waals surface area contributed by atoms with Crippen LogP contribution in [-0.4, -0.2) is 12.5 Å². The lowest BCUT2D eigenvalue weighted by molar-refractivity contribution is -0.122. The van der Waals surface area contributed by atoms with Gasteiger partial charge in [-0.25, -0.2) is 4.39 Å². The molecule has 1 aliphatic heterocycles. The number of halogens is 1. The van der Waals surface area contributed by atoms with Crippen molar-refractivity contribution in [3.05, 3.63) is 35.6 Å². The van der Waals surface area contributed by atoms with Crippen molar-refractivity contribution >= 4 is 5.91 Å². The van der Waals surface area contributed by atoms with Gasteiger partial charge in [-0.05, 0) is 30.0 Å². The van der Waals surface area contributed by atoms with Crippen LogP contribution in [0.2, 0.25) is 0 Å². The van der Waals surface area contributed by atoms with Crippen LogP contribution in [0.5, 0.6) is 0 Å². The van der Waals surface area contributed by atoms with Crippen molar-refractivity contribution < 1.29 is 9.18 Å². The summed E-state index contributed by atoms with van der Waals surface area (Å²) < 4.78 is 12.7. The molecule has 1 aromatic carbocycles. The molecule has 0 saturated carbocycles. The molecule has 0 aromatic heterocycles. The second kappa shape index (κ2) is 4.01. The first-order chi connectivity index (χ1) is 7.18. The van der Waals surface area contributed by atoms with E-state index >= 15 is 0 Å². The van der Waals surface area contributed by atoms with Gasteiger partial charge in [-0.1, -0.05) is 19.1 Å². The minimum Gasteiger partial charge on any atom is -0.356 e. The van der Waals surface area contributed by atoms with Crippen molar-refractivity contribution in [3.8, 4) is 0 Å². The van der Waals surface area contributed by atoms with E-state index in [1.165, 1.54) is 12.1 Å². The summed E-state index contributed by atoms with van der Waals surface area (Å²) in [4.78, 5) is 11.5. The molecule has 0 aliphatic carbocycles. The minimum atomic E-state index is -0.234. The number of carbonyl (C=O) groups is 1. The second-order valence-corrected chi connectivity index (χ2v) is 4.03. The molecule has 1 fully saturated rings. The van der Waals surface area contributed by atoms with E-state index in [4.69, 9.17) is 0 Å². The highest BCUT2D eigenvalue weighted by atomic mass is 19.1. The Bertz CT molecular complexity index is 360. The quantitative estimate of drug-likeness (QED) is 0.790. The van der Waals surface area contributed by atoms with Gasteiger partial charge in [0.05, 0.1) is 0 Å². The predicted molar refractivity (Wildman–Crippen MR) is 55.9 cm³/mol. The first-order valence-corrected chi connectivity index (χ1v) is 5.21. The van der Waals surface area contributed by atoms with Crippen LogP contribution >= 0.6 is 0 Å². The summed E-state index contributed by atoms with van der Waals surface area (Å²) in [5.41, 5.74) is 1.03. The van der Waals surface area contributed by atoms with Gasteiger partial charge in [0.15, 0.2) is 0 Å². The summed E-state index contributed by atoms with van der Waals surface area (Å²) in [7, 11) is 0. The van der Waals surface area contributed by atoms with Crippen LogP contribution in [0, 0.1) is 11.7 Å². The highest BCUT2D eigenvalue weighted by Gasteiger charge is 2.30. The summed E-state index contributed by atoms with van der Waals surface area (Å²) in [5.74, 6) is 0.0807. The van der Waals surface area contributed by atoms with Crippen LogP contribution in [0.25, 0.3) is 0 Å². The monoisotopic (exact) mass is 207 g/mol. The zero-order chi connectivity index (χ0) is 10.8. The Kier molecular flexibility index (Phi) is 2.71. The molecule has 2 unspecified atom stereocenters. The van der Waals surface area contributed by atoms with Crippen LogP contribution < -0.4 is 5.32 Å². The van der Waals surface area contributed by atoms with Crippen molar-refractivity contribution in [2.75, 3.05) is 6.54 Å². The lowest BCUT2D eigenvalue weighted by atomic mass is 9.86. The van der Waals surface area contributed by atoms with Crippen molar-refractivity contribution in [2.24, 2.45) is 5.92 Å². The van der Waals surface area contributed by atoms with Gasteiger partial charge < -0.3 is 5.32 Å². The number of benzene rings is 1. The predicted octanol–water partition coefficient (Wildman–Crippen LogP) is 2.07. The van der Waals surface area contributed by atoms with Gasteiger partial charge >= 0.3 is 0 Å². The topological polar surface area (TPSA) is 29.1 Å². The molecular formula is C12H14FNO. The van der Waals surface area contributed by atoms with Crippen molar-refractivity contribution in [1.29, 1.82) is 0 Å². The first kappa shape index (κ1) is 10.1. The molecule has 1 heterocycles. The van der Waals surface area contributed by atoms with Crippen LogP contribution in [0.15, 0.2) is 24.3 Å². The Labute approximate surface area is 88.5 Å². The molecule has 15 heavy (non-hydrogen) atoms. The molecule has 1 aromatic rings. The first-order valence-electron chi connectivity index (χ1n) is 5.21. The van der Waals surface area contributed by atoms with Crippen molar-refractivity contribution in [3.63, 3.8) is 0 Å². The Morgan fingerprint density at radius 2 is 2.07 bits per heavy atom. The van der Waals surface area contributed by atoms with E-state index in [1.54, 1.807) is 12.1 Å². The molecule has 80 valence electrons. The van der Waals surface area contributed by atoms with E-state index in [2.05, 4.69) is 5.32 Å². The van der Waals surface area contributed by atoms with Crippen LogP contribution in [0.3, 0.4) is 0 Å². The summed E-state index contributed by atoms with van der Waals surface area (Å²) >= 11 is 0. The van der Waals surface area contributed by atoms with Crippen molar-refractivity contribution in [2.45, 2.75) is 19.3 Å². The fourth-order valence-corrected chi connectivity index (χ4v) is 2.09. The average molecular weight is 207 g/mol.